The highest BCUT2D eigenvalue weighted by Crippen LogP contribution is 2.41. The molecule has 4 nitrogen and oxygen atoms in total. The van der Waals surface area contributed by atoms with Gasteiger partial charge in [-0.15, -0.1) is 0 Å². The Morgan fingerprint density at radius 1 is 0.800 bits per heavy atom. The van der Waals surface area contributed by atoms with E-state index in [0.29, 0.717) is 0 Å². The fourth-order valence-electron chi connectivity index (χ4n) is 2.49. The van der Waals surface area contributed by atoms with Crippen LogP contribution in [0.3, 0.4) is 0 Å². The molecule has 0 saturated heterocycles. The zero-order valence-corrected chi connectivity index (χ0v) is 14.1. The van der Waals surface area contributed by atoms with Gasteiger partial charge in [0.1, 0.15) is 0 Å². The topological polar surface area (TPSA) is 52.6 Å². The van der Waals surface area contributed by atoms with Gasteiger partial charge in [0.05, 0.1) is 24.0 Å². The summed E-state index contributed by atoms with van der Waals surface area (Å²) in [6.07, 6.45) is -0.312. The number of rotatable bonds is 7. The molecule has 0 rings (SSSR count). The number of hydrogen-bond acceptors (Lipinski definition) is 4. The van der Waals surface area contributed by atoms with Crippen LogP contribution in [0.15, 0.2) is 0 Å². The highest BCUT2D eigenvalue weighted by molar-refractivity contribution is 5.84. The summed E-state index contributed by atoms with van der Waals surface area (Å²) in [5.74, 6) is -0.664. The first kappa shape index (κ1) is 18.9. The van der Waals surface area contributed by atoms with Crippen molar-refractivity contribution in [3.63, 3.8) is 0 Å². The third-order valence-electron chi connectivity index (χ3n) is 3.59. The second kappa shape index (κ2) is 7.65. The van der Waals surface area contributed by atoms with Crippen LogP contribution in [0.25, 0.3) is 0 Å². The molecule has 0 aromatic rings. The lowest BCUT2D eigenvalue weighted by molar-refractivity contribution is -0.174. The highest BCUT2D eigenvalue weighted by atomic mass is 16.6. The average molecular weight is 286 g/mol. The lowest BCUT2D eigenvalue weighted by Gasteiger charge is -2.38. The third kappa shape index (κ3) is 4.80. The molecular weight excluding hydrogens is 256 g/mol. The second-order valence-electron chi connectivity index (χ2n) is 6.52. The van der Waals surface area contributed by atoms with Crippen LogP contribution in [-0.4, -0.2) is 24.1 Å². The minimum atomic E-state index is -0.837. The molecule has 0 bridgehead atoms. The summed E-state index contributed by atoms with van der Waals surface area (Å²) in [5, 5.41) is 0. The summed E-state index contributed by atoms with van der Waals surface area (Å²) < 4.78 is 10.6. The van der Waals surface area contributed by atoms with Crippen molar-refractivity contribution in [2.45, 2.75) is 74.0 Å². The van der Waals surface area contributed by atoms with E-state index in [4.69, 9.17) is 9.47 Å². The van der Waals surface area contributed by atoms with E-state index in [1.165, 1.54) is 0 Å². The third-order valence-corrected chi connectivity index (χ3v) is 3.59. The van der Waals surface area contributed by atoms with Crippen LogP contribution < -0.4 is 0 Å². The van der Waals surface area contributed by atoms with Crippen molar-refractivity contribution in [1.82, 2.24) is 0 Å². The van der Waals surface area contributed by atoms with Crippen molar-refractivity contribution in [2.75, 3.05) is 0 Å². The zero-order chi connectivity index (χ0) is 16.1. The van der Waals surface area contributed by atoms with Gasteiger partial charge in [0.25, 0.3) is 0 Å². The Morgan fingerprint density at radius 3 is 1.50 bits per heavy atom. The summed E-state index contributed by atoms with van der Waals surface area (Å²) in [6, 6.07) is 0. The lowest BCUT2D eigenvalue weighted by Crippen LogP contribution is -2.45. The highest BCUT2D eigenvalue weighted by Gasteiger charge is 2.48. The minimum absolute atomic E-state index is 0.00605. The second-order valence-corrected chi connectivity index (χ2v) is 6.52. The van der Waals surface area contributed by atoms with E-state index in [-0.39, 0.29) is 42.4 Å². The van der Waals surface area contributed by atoms with Crippen LogP contribution in [0.4, 0.5) is 0 Å². The van der Waals surface area contributed by atoms with Crippen LogP contribution in [0.2, 0.25) is 0 Å². The molecule has 0 aliphatic rings. The lowest BCUT2D eigenvalue weighted by atomic mass is 9.66. The zero-order valence-electron chi connectivity index (χ0n) is 14.1. The maximum Gasteiger partial charge on any atom is 0.313 e. The molecule has 0 radical (unpaired) electrons. The Hall–Kier alpha value is -1.06. The predicted octanol–water partition coefficient (Wildman–Crippen LogP) is 3.58. The molecule has 0 aliphatic carbocycles. The Kier molecular flexibility index (Phi) is 7.25. The Balaban J connectivity index is 5.34. The molecule has 0 spiro atoms. The molecule has 0 aliphatic heterocycles. The van der Waals surface area contributed by atoms with E-state index in [0.717, 1.165) is 0 Å². The van der Waals surface area contributed by atoms with E-state index < -0.39 is 5.41 Å². The first-order valence-corrected chi connectivity index (χ1v) is 7.44. The number of ether oxygens (including phenoxy) is 2. The van der Waals surface area contributed by atoms with E-state index in [9.17, 15) is 9.59 Å². The normalized spacial score (nSPS) is 12.4. The van der Waals surface area contributed by atoms with Gasteiger partial charge in [0, 0.05) is 0 Å². The monoisotopic (exact) mass is 286 g/mol. The number of hydrogen-bond donors (Lipinski definition) is 0. The average Bonchev–Trinajstić information content (AvgIpc) is 2.22. The summed E-state index contributed by atoms with van der Waals surface area (Å²) >= 11 is 0. The van der Waals surface area contributed by atoms with Gasteiger partial charge >= 0.3 is 11.9 Å². The van der Waals surface area contributed by atoms with E-state index in [1.807, 2.05) is 41.5 Å². The van der Waals surface area contributed by atoms with Crippen molar-refractivity contribution in [2.24, 2.45) is 17.3 Å². The van der Waals surface area contributed by atoms with Crippen LogP contribution in [0.1, 0.15) is 61.8 Å². The standard InChI is InChI=1S/C16H30O4/c1-10(2)16(11(3)4,15(18)20-13(7)8)9-14(17)19-12(5)6/h10-13H,9H2,1-8H3. The Morgan fingerprint density at radius 2 is 1.20 bits per heavy atom. The van der Waals surface area contributed by atoms with Crippen molar-refractivity contribution in [3.05, 3.63) is 0 Å². The maximum absolute atomic E-state index is 12.5. The van der Waals surface area contributed by atoms with Gasteiger partial charge < -0.3 is 9.47 Å². The van der Waals surface area contributed by atoms with Crippen LogP contribution in [-0.2, 0) is 19.1 Å². The van der Waals surface area contributed by atoms with Crippen molar-refractivity contribution in [1.29, 1.82) is 0 Å². The fourth-order valence-corrected chi connectivity index (χ4v) is 2.49. The van der Waals surface area contributed by atoms with Gasteiger partial charge in [-0.05, 0) is 39.5 Å². The molecule has 0 amide bonds. The largest absolute Gasteiger partial charge is 0.463 e. The predicted molar refractivity (Wildman–Crippen MR) is 79.2 cm³/mol. The smallest absolute Gasteiger partial charge is 0.313 e. The summed E-state index contributed by atoms with van der Waals surface area (Å²) in [6.45, 7) is 15.0. The first-order valence-electron chi connectivity index (χ1n) is 7.44. The van der Waals surface area contributed by atoms with Gasteiger partial charge in [-0.2, -0.15) is 0 Å². The van der Waals surface area contributed by atoms with Gasteiger partial charge in [-0.1, -0.05) is 27.7 Å². The molecular formula is C16H30O4. The van der Waals surface area contributed by atoms with Crippen molar-refractivity contribution >= 4 is 11.9 Å². The van der Waals surface area contributed by atoms with E-state index in [2.05, 4.69) is 0 Å². The summed E-state index contributed by atoms with van der Waals surface area (Å²) in [4.78, 5) is 24.6. The molecule has 0 fully saturated rings. The first-order chi connectivity index (χ1) is 9.03. The van der Waals surface area contributed by atoms with Crippen molar-refractivity contribution in [3.8, 4) is 0 Å². The molecule has 118 valence electrons. The summed E-state index contributed by atoms with van der Waals surface area (Å²) in [5.41, 5.74) is -0.837. The molecule has 0 heterocycles. The maximum atomic E-state index is 12.5. The molecule has 0 aromatic heterocycles. The minimum Gasteiger partial charge on any atom is -0.463 e. The van der Waals surface area contributed by atoms with Gasteiger partial charge in [0.2, 0.25) is 0 Å². The van der Waals surface area contributed by atoms with E-state index in [1.54, 1.807) is 13.8 Å². The van der Waals surface area contributed by atoms with Crippen molar-refractivity contribution < 1.29 is 19.1 Å². The van der Waals surface area contributed by atoms with Gasteiger partial charge in [-0.25, -0.2) is 0 Å². The Labute approximate surface area is 123 Å². The van der Waals surface area contributed by atoms with Crippen LogP contribution in [0, 0.1) is 17.3 Å². The number of carbonyl (C=O) groups excluding carboxylic acids is 2. The van der Waals surface area contributed by atoms with Gasteiger partial charge in [-0.3, -0.25) is 9.59 Å². The Bertz CT molecular complexity index is 321. The quantitative estimate of drug-likeness (QED) is 0.671. The van der Waals surface area contributed by atoms with Crippen LogP contribution >= 0.6 is 0 Å². The molecule has 0 aromatic carbocycles. The molecule has 0 unspecified atom stereocenters. The molecule has 20 heavy (non-hydrogen) atoms. The number of carbonyl (C=O) groups is 2. The molecule has 0 atom stereocenters. The molecule has 0 saturated carbocycles. The SMILES string of the molecule is CC(C)OC(=O)CC(C(=O)OC(C)C)(C(C)C)C(C)C. The molecule has 4 heteroatoms. The molecule has 0 N–H and O–H groups in total. The van der Waals surface area contributed by atoms with E-state index >= 15 is 0 Å². The summed E-state index contributed by atoms with van der Waals surface area (Å²) in [7, 11) is 0. The fraction of sp³-hybridized carbons (Fsp3) is 0.875. The number of esters is 2. The van der Waals surface area contributed by atoms with Crippen LogP contribution in [0.5, 0.6) is 0 Å². The van der Waals surface area contributed by atoms with Gasteiger partial charge in [0.15, 0.2) is 0 Å².